The van der Waals surface area contributed by atoms with Crippen LogP contribution in [-0.2, 0) is 9.59 Å². The molecule has 4 rings (SSSR count). The van der Waals surface area contributed by atoms with Crippen molar-refractivity contribution in [3.05, 3.63) is 23.8 Å². The molecule has 0 unspecified atom stereocenters. The van der Waals surface area contributed by atoms with Crippen LogP contribution >= 0.6 is 0 Å². The number of carbonyl (C=O) groups excluding carboxylic acids is 3. The van der Waals surface area contributed by atoms with Gasteiger partial charge in [0.15, 0.2) is 17.3 Å². The van der Waals surface area contributed by atoms with Gasteiger partial charge >= 0.3 is 0 Å². The molecule has 0 spiro atoms. The molecule has 0 bridgehead atoms. The molecule has 8 nitrogen and oxygen atoms in total. The summed E-state index contributed by atoms with van der Waals surface area (Å²) in [5.41, 5.74) is 0.540. The molecular weight excluding hydrogens is 398 g/mol. The van der Waals surface area contributed by atoms with E-state index < -0.39 is 0 Å². The normalized spacial score (nSPS) is 19.2. The van der Waals surface area contributed by atoms with Gasteiger partial charge < -0.3 is 19.3 Å². The van der Waals surface area contributed by atoms with Gasteiger partial charge in [0.05, 0.1) is 6.54 Å². The Bertz CT molecular complexity index is 813. The van der Waals surface area contributed by atoms with E-state index >= 15 is 0 Å². The average Bonchev–Trinajstić information content (AvgIpc) is 2.83. The molecule has 0 N–H and O–H groups in total. The third-order valence-corrected chi connectivity index (χ3v) is 6.22. The van der Waals surface area contributed by atoms with Crippen molar-refractivity contribution in [1.82, 2.24) is 14.7 Å². The van der Waals surface area contributed by atoms with Crippen molar-refractivity contribution in [2.75, 3.05) is 59.0 Å². The Labute approximate surface area is 183 Å². The Morgan fingerprint density at radius 3 is 2.16 bits per heavy atom. The SMILES string of the molecule is O=C(CCC(=O)N1CCN(CC(=O)N2CCCCC2)CC1)c1ccc2c(c1)OCCO2. The molecule has 2 amide bonds. The number of carbonyl (C=O) groups is 3. The Balaban J connectivity index is 1.19. The Morgan fingerprint density at radius 1 is 0.742 bits per heavy atom. The van der Waals surface area contributed by atoms with Crippen LogP contribution in [0.5, 0.6) is 11.5 Å². The minimum Gasteiger partial charge on any atom is -0.486 e. The van der Waals surface area contributed by atoms with E-state index in [1.165, 1.54) is 6.42 Å². The number of fused-ring (bicyclic) bond motifs is 1. The largest absolute Gasteiger partial charge is 0.486 e. The van der Waals surface area contributed by atoms with Gasteiger partial charge in [-0.3, -0.25) is 19.3 Å². The summed E-state index contributed by atoms with van der Waals surface area (Å²) in [5, 5.41) is 0. The van der Waals surface area contributed by atoms with Crippen molar-refractivity contribution in [3.8, 4) is 11.5 Å². The molecule has 0 saturated carbocycles. The predicted octanol–water partition coefficient (Wildman–Crippen LogP) is 1.58. The summed E-state index contributed by atoms with van der Waals surface area (Å²) in [4.78, 5) is 43.4. The number of rotatable bonds is 6. The summed E-state index contributed by atoms with van der Waals surface area (Å²) >= 11 is 0. The Morgan fingerprint density at radius 2 is 1.42 bits per heavy atom. The van der Waals surface area contributed by atoms with Gasteiger partial charge in [-0.05, 0) is 37.5 Å². The van der Waals surface area contributed by atoms with Gasteiger partial charge in [0, 0.05) is 57.7 Å². The van der Waals surface area contributed by atoms with Crippen LogP contribution in [0.2, 0.25) is 0 Å². The van der Waals surface area contributed by atoms with E-state index in [0.29, 0.717) is 63.0 Å². The highest BCUT2D eigenvalue weighted by Gasteiger charge is 2.25. The van der Waals surface area contributed by atoms with Crippen LogP contribution in [0, 0.1) is 0 Å². The molecule has 2 saturated heterocycles. The lowest BCUT2D eigenvalue weighted by Gasteiger charge is -2.36. The fourth-order valence-electron chi connectivity index (χ4n) is 4.33. The van der Waals surface area contributed by atoms with E-state index in [1.807, 2.05) is 4.90 Å². The van der Waals surface area contributed by atoms with Gasteiger partial charge in [-0.1, -0.05) is 0 Å². The average molecular weight is 430 g/mol. The second-order valence-corrected chi connectivity index (χ2v) is 8.38. The number of ether oxygens (including phenoxy) is 2. The molecule has 168 valence electrons. The lowest BCUT2D eigenvalue weighted by molar-refractivity contribution is -0.135. The first-order chi connectivity index (χ1) is 15.1. The van der Waals surface area contributed by atoms with Gasteiger partial charge in [-0.25, -0.2) is 0 Å². The molecule has 3 aliphatic rings. The van der Waals surface area contributed by atoms with E-state index in [2.05, 4.69) is 4.90 Å². The van der Waals surface area contributed by atoms with Gasteiger partial charge in [0.1, 0.15) is 13.2 Å². The summed E-state index contributed by atoms with van der Waals surface area (Å²) < 4.78 is 11.0. The molecule has 31 heavy (non-hydrogen) atoms. The standard InChI is InChI=1S/C23H31N3O5/c27-19(18-4-6-20-21(16-18)31-15-14-30-20)5-7-22(28)26-12-10-24(11-13-26)17-23(29)25-8-2-1-3-9-25/h4,6,16H,1-3,5,7-15,17H2. The highest BCUT2D eigenvalue weighted by atomic mass is 16.6. The fourth-order valence-corrected chi connectivity index (χ4v) is 4.33. The van der Waals surface area contributed by atoms with Gasteiger partial charge in [0.2, 0.25) is 11.8 Å². The number of likely N-dealkylation sites (tertiary alicyclic amines) is 1. The van der Waals surface area contributed by atoms with Crippen LogP contribution in [-0.4, -0.2) is 91.3 Å². The highest BCUT2D eigenvalue weighted by Crippen LogP contribution is 2.31. The molecule has 0 aromatic heterocycles. The van der Waals surface area contributed by atoms with Crippen LogP contribution in [0.15, 0.2) is 18.2 Å². The van der Waals surface area contributed by atoms with Crippen LogP contribution in [0.1, 0.15) is 42.5 Å². The molecular formula is C23H31N3O5. The Kier molecular flexibility index (Phi) is 7.06. The quantitative estimate of drug-likeness (QED) is 0.639. The van der Waals surface area contributed by atoms with Gasteiger partial charge in [0.25, 0.3) is 0 Å². The third kappa shape index (κ3) is 5.55. The van der Waals surface area contributed by atoms with Crippen molar-refractivity contribution >= 4 is 17.6 Å². The lowest BCUT2D eigenvalue weighted by Crippen LogP contribution is -2.52. The molecule has 3 heterocycles. The van der Waals surface area contributed by atoms with Crippen LogP contribution in [0.25, 0.3) is 0 Å². The molecule has 1 aromatic carbocycles. The number of nitrogens with zero attached hydrogens (tertiary/aromatic N) is 3. The van der Waals surface area contributed by atoms with Crippen molar-refractivity contribution in [2.24, 2.45) is 0 Å². The lowest BCUT2D eigenvalue weighted by atomic mass is 10.1. The highest BCUT2D eigenvalue weighted by molar-refractivity contribution is 5.98. The third-order valence-electron chi connectivity index (χ3n) is 6.22. The number of amides is 2. The number of piperazine rings is 1. The maximum absolute atomic E-state index is 12.6. The van der Waals surface area contributed by atoms with Crippen molar-refractivity contribution in [2.45, 2.75) is 32.1 Å². The maximum Gasteiger partial charge on any atom is 0.236 e. The van der Waals surface area contributed by atoms with Crippen LogP contribution in [0.4, 0.5) is 0 Å². The van der Waals surface area contributed by atoms with Crippen molar-refractivity contribution in [3.63, 3.8) is 0 Å². The summed E-state index contributed by atoms with van der Waals surface area (Å²) in [7, 11) is 0. The maximum atomic E-state index is 12.6. The molecule has 2 fully saturated rings. The van der Waals surface area contributed by atoms with E-state index in [1.54, 1.807) is 23.1 Å². The minimum atomic E-state index is -0.0731. The van der Waals surface area contributed by atoms with Crippen LogP contribution in [0.3, 0.4) is 0 Å². The second kappa shape index (κ2) is 10.1. The monoisotopic (exact) mass is 429 g/mol. The summed E-state index contributed by atoms with van der Waals surface area (Å²) in [6.45, 7) is 5.75. The molecule has 0 radical (unpaired) electrons. The zero-order chi connectivity index (χ0) is 21.6. The topological polar surface area (TPSA) is 79.4 Å². The molecule has 8 heteroatoms. The van der Waals surface area contributed by atoms with E-state index in [4.69, 9.17) is 9.47 Å². The fraction of sp³-hybridized carbons (Fsp3) is 0.609. The van der Waals surface area contributed by atoms with E-state index in [0.717, 1.165) is 25.9 Å². The van der Waals surface area contributed by atoms with E-state index in [9.17, 15) is 14.4 Å². The first kappa shape index (κ1) is 21.6. The van der Waals surface area contributed by atoms with Crippen molar-refractivity contribution in [1.29, 1.82) is 0 Å². The van der Waals surface area contributed by atoms with Crippen molar-refractivity contribution < 1.29 is 23.9 Å². The van der Waals surface area contributed by atoms with E-state index in [-0.39, 0.29) is 30.4 Å². The number of piperidine rings is 1. The number of Topliss-reactive ketones (excluding diaryl/α,β-unsaturated/α-hetero) is 1. The smallest absolute Gasteiger partial charge is 0.236 e. The zero-order valence-electron chi connectivity index (χ0n) is 18.0. The number of hydrogen-bond donors (Lipinski definition) is 0. The van der Waals surface area contributed by atoms with Gasteiger partial charge in [-0.15, -0.1) is 0 Å². The van der Waals surface area contributed by atoms with Crippen LogP contribution < -0.4 is 9.47 Å². The summed E-state index contributed by atoms with van der Waals surface area (Å²) in [5.74, 6) is 1.35. The molecule has 1 aromatic rings. The molecule has 0 aliphatic carbocycles. The second-order valence-electron chi connectivity index (χ2n) is 8.38. The summed E-state index contributed by atoms with van der Waals surface area (Å²) in [6.07, 6.45) is 3.77. The number of hydrogen-bond acceptors (Lipinski definition) is 6. The number of ketones is 1. The first-order valence-corrected chi connectivity index (χ1v) is 11.3. The zero-order valence-corrected chi connectivity index (χ0v) is 18.0. The molecule has 0 atom stereocenters. The Hall–Kier alpha value is -2.61. The number of benzene rings is 1. The first-order valence-electron chi connectivity index (χ1n) is 11.3. The summed E-state index contributed by atoms with van der Waals surface area (Å²) in [6, 6.07) is 5.16. The minimum absolute atomic E-state index is 0.00657. The molecule has 3 aliphatic heterocycles. The van der Waals surface area contributed by atoms with Gasteiger partial charge in [-0.2, -0.15) is 0 Å². The predicted molar refractivity (Wildman–Crippen MR) is 114 cm³/mol.